The van der Waals surface area contributed by atoms with Crippen molar-refractivity contribution in [1.82, 2.24) is 0 Å². The number of ether oxygens (including phenoxy) is 5. The average Bonchev–Trinajstić information content (AvgIpc) is 3.50. The smallest absolute Gasteiger partial charge is 0.351 e. The van der Waals surface area contributed by atoms with Crippen molar-refractivity contribution in [2.45, 2.75) is 110 Å². The molecule has 0 N–H and O–H groups in total. The molecule has 2 aliphatic carbocycles. The van der Waals surface area contributed by atoms with Gasteiger partial charge in [0.15, 0.2) is 12.2 Å². The van der Waals surface area contributed by atoms with Crippen molar-refractivity contribution in [3.8, 4) is 5.75 Å². The van der Waals surface area contributed by atoms with Crippen molar-refractivity contribution in [3.05, 3.63) is 52.2 Å². The Bertz CT molecular complexity index is 2110. The third-order valence-corrected chi connectivity index (χ3v) is 13.7. The van der Waals surface area contributed by atoms with Gasteiger partial charge in [-0.15, -0.1) is 0 Å². The number of benzene rings is 2. The zero-order valence-corrected chi connectivity index (χ0v) is 28.9. The van der Waals surface area contributed by atoms with Crippen LogP contribution in [0.3, 0.4) is 0 Å². The zero-order chi connectivity index (χ0) is 35.3. The van der Waals surface area contributed by atoms with E-state index >= 15 is 0 Å². The Hall–Kier alpha value is -4.41. The molecule has 11 nitrogen and oxygen atoms in total. The molecule has 5 aliphatic rings. The van der Waals surface area contributed by atoms with E-state index in [1.165, 1.54) is 0 Å². The summed E-state index contributed by atoms with van der Waals surface area (Å²) in [6.07, 6.45) is -1.35. The fraction of sp³-hybridized carbons (Fsp3) is 0.553. The van der Waals surface area contributed by atoms with Crippen molar-refractivity contribution < 1.29 is 47.3 Å². The van der Waals surface area contributed by atoms with Gasteiger partial charge < -0.3 is 28.1 Å². The summed E-state index contributed by atoms with van der Waals surface area (Å²) < 4.78 is 37.4. The van der Waals surface area contributed by atoms with E-state index in [9.17, 15) is 24.0 Å². The molecule has 49 heavy (non-hydrogen) atoms. The topological polar surface area (TPSA) is 145 Å². The highest BCUT2D eigenvalue weighted by atomic mass is 16.7. The fourth-order valence-electron chi connectivity index (χ4n) is 9.23. The molecule has 2 saturated carbocycles. The van der Waals surface area contributed by atoms with Gasteiger partial charge in [-0.3, -0.25) is 14.4 Å². The second-order valence-corrected chi connectivity index (χ2v) is 16.5. The van der Waals surface area contributed by atoms with Crippen LogP contribution in [0.15, 0.2) is 45.6 Å². The SMILES string of the molecule is CC1(C)Oc2ccc3c(=O)c4ccccc4oc3c2[C@@H](OC(=O)[C@@]23CCC(C)(C(=O)O2)C3(C)C)[C@H]1OC(=O)[C@@]12CCC(C)(C(=O)O1)C2(C)C. The van der Waals surface area contributed by atoms with Crippen molar-refractivity contribution in [3.63, 3.8) is 0 Å². The van der Waals surface area contributed by atoms with Crippen LogP contribution in [0.1, 0.15) is 92.7 Å². The van der Waals surface area contributed by atoms with Crippen molar-refractivity contribution in [1.29, 1.82) is 0 Å². The Morgan fingerprint density at radius 3 is 1.76 bits per heavy atom. The molecule has 11 heteroatoms. The molecule has 1 aromatic heterocycles. The number of hydrogen-bond acceptors (Lipinski definition) is 11. The summed E-state index contributed by atoms with van der Waals surface area (Å²) in [4.78, 5) is 69.0. The summed E-state index contributed by atoms with van der Waals surface area (Å²) >= 11 is 0. The summed E-state index contributed by atoms with van der Waals surface area (Å²) in [6.45, 7) is 14.3. The minimum absolute atomic E-state index is 0.103. The van der Waals surface area contributed by atoms with E-state index in [0.717, 1.165) is 0 Å². The van der Waals surface area contributed by atoms with Crippen LogP contribution >= 0.6 is 0 Å². The molecule has 4 fully saturated rings. The Labute approximate surface area is 282 Å². The second kappa shape index (κ2) is 9.22. The zero-order valence-electron chi connectivity index (χ0n) is 28.9. The van der Waals surface area contributed by atoms with Gasteiger partial charge in [0.2, 0.25) is 16.6 Å². The molecule has 0 spiro atoms. The first-order valence-electron chi connectivity index (χ1n) is 16.8. The molecule has 8 rings (SSSR count). The second-order valence-electron chi connectivity index (χ2n) is 16.5. The highest BCUT2D eigenvalue weighted by Crippen LogP contribution is 2.67. The first-order chi connectivity index (χ1) is 22.8. The van der Waals surface area contributed by atoms with Crippen LogP contribution in [-0.4, -0.2) is 46.8 Å². The summed E-state index contributed by atoms with van der Waals surface area (Å²) in [7, 11) is 0. The molecule has 3 aliphatic heterocycles. The van der Waals surface area contributed by atoms with Crippen LogP contribution < -0.4 is 10.2 Å². The van der Waals surface area contributed by atoms with Gasteiger partial charge in [0, 0.05) is 10.8 Å². The van der Waals surface area contributed by atoms with Crippen molar-refractivity contribution in [2.75, 3.05) is 0 Å². The number of rotatable bonds is 4. The lowest BCUT2D eigenvalue weighted by atomic mass is 9.66. The van der Waals surface area contributed by atoms with Crippen molar-refractivity contribution in [2.24, 2.45) is 21.7 Å². The monoisotopic (exact) mass is 672 g/mol. The predicted octanol–water partition coefficient (Wildman–Crippen LogP) is 5.86. The third kappa shape index (κ3) is 3.51. The van der Waals surface area contributed by atoms with Gasteiger partial charge in [-0.25, -0.2) is 9.59 Å². The Kier molecular flexibility index (Phi) is 5.99. The Balaban J connectivity index is 1.30. The van der Waals surface area contributed by atoms with Crippen LogP contribution in [0, 0.1) is 21.7 Å². The molecule has 2 saturated heterocycles. The van der Waals surface area contributed by atoms with E-state index in [4.69, 9.17) is 28.1 Å². The van der Waals surface area contributed by atoms with Crippen LogP contribution in [0.5, 0.6) is 5.75 Å². The fourth-order valence-corrected chi connectivity index (χ4v) is 9.23. The average molecular weight is 673 g/mol. The van der Waals surface area contributed by atoms with Gasteiger partial charge >= 0.3 is 23.9 Å². The van der Waals surface area contributed by atoms with Crippen LogP contribution in [0.2, 0.25) is 0 Å². The number of hydrogen-bond donors (Lipinski definition) is 0. The predicted molar refractivity (Wildman–Crippen MR) is 173 cm³/mol. The van der Waals surface area contributed by atoms with Crippen LogP contribution in [0.25, 0.3) is 21.9 Å². The highest BCUT2D eigenvalue weighted by Gasteiger charge is 2.78. The standard InChI is InChI=1S/C38H40O11/c1-32(2)27(46-31(43)38-18-16-36(8,29(41)49-38)34(38,5)6)26(45-30(42)37-17-15-35(7,28(40)48-37)33(37,3)4)23-22(47-32)14-13-20-24(39)19-11-9-10-12-21(19)44-25(20)23/h9-14,26-27H,15-18H2,1-8H3/t26-,27-,35?,36?,37-,38-/m1/s1. The molecular formula is C38H40O11. The lowest BCUT2D eigenvalue weighted by Crippen LogP contribution is -2.57. The molecule has 3 aromatic rings. The highest BCUT2D eigenvalue weighted by molar-refractivity contribution is 5.96. The molecule has 0 amide bonds. The minimum atomic E-state index is -1.61. The van der Waals surface area contributed by atoms with E-state index in [2.05, 4.69) is 0 Å². The molecule has 2 unspecified atom stereocenters. The lowest BCUT2D eigenvalue weighted by molar-refractivity contribution is -0.217. The first kappa shape index (κ1) is 31.8. The number of fused-ring (bicyclic) bond motifs is 8. The molecule has 6 atom stereocenters. The maximum atomic E-state index is 14.6. The lowest BCUT2D eigenvalue weighted by Gasteiger charge is -2.45. The Morgan fingerprint density at radius 1 is 0.673 bits per heavy atom. The normalized spacial score (nSPS) is 35.8. The van der Waals surface area contributed by atoms with E-state index in [1.54, 1.807) is 64.1 Å². The quantitative estimate of drug-likeness (QED) is 0.187. The number of esters is 4. The number of carbonyl (C=O) groups excluding carboxylic acids is 4. The van der Waals surface area contributed by atoms with E-state index < -0.39 is 74.5 Å². The number of carbonyl (C=O) groups is 4. The molecule has 2 aromatic carbocycles. The summed E-state index contributed by atoms with van der Waals surface area (Å²) in [5, 5.41) is 0.572. The largest absolute Gasteiger partial charge is 0.483 e. The molecule has 4 bridgehead atoms. The molecule has 4 heterocycles. The number of para-hydroxylation sites is 1. The van der Waals surface area contributed by atoms with Gasteiger partial charge in [0.25, 0.3) is 0 Å². The third-order valence-electron chi connectivity index (χ3n) is 13.7. The van der Waals surface area contributed by atoms with Gasteiger partial charge in [-0.05, 0) is 77.6 Å². The maximum absolute atomic E-state index is 14.6. The van der Waals surface area contributed by atoms with Gasteiger partial charge in [-0.2, -0.15) is 0 Å². The van der Waals surface area contributed by atoms with Gasteiger partial charge in [-0.1, -0.05) is 39.8 Å². The molecular weight excluding hydrogens is 632 g/mol. The maximum Gasteiger partial charge on any atom is 0.351 e. The minimum Gasteiger partial charge on any atom is -0.483 e. The molecule has 0 radical (unpaired) electrons. The van der Waals surface area contributed by atoms with E-state index in [-0.39, 0.29) is 40.6 Å². The molecule has 258 valence electrons. The summed E-state index contributed by atoms with van der Waals surface area (Å²) in [5.74, 6) is -2.28. The van der Waals surface area contributed by atoms with E-state index in [1.807, 2.05) is 27.7 Å². The van der Waals surface area contributed by atoms with Crippen LogP contribution in [0.4, 0.5) is 0 Å². The van der Waals surface area contributed by atoms with Gasteiger partial charge in [0.05, 0.1) is 27.2 Å². The summed E-state index contributed by atoms with van der Waals surface area (Å²) in [6, 6.07) is 9.99. The van der Waals surface area contributed by atoms with Crippen molar-refractivity contribution >= 4 is 45.8 Å². The van der Waals surface area contributed by atoms with Gasteiger partial charge in [0.1, 0.15) is 22.5 Å². The Morgan fingerprint density at radius 2 is 1.22 bits per heavy atom. The first-order valence-corrected chi connectivity index (χ1v) is 16.8. The van der Waals surface area contributed by atoms with Crippen LogP contribution in [-0.2, 0) is 38.1 Å². The summed E-state index contributed by atoms with van der Waals surface area (Å²) in [5.41, 5.74) is -7.85. The van der Waals surface area contributed by atoms with E-state index in [0.29, 0.717) is 23.8 Å².